The molecule has 1 aromatic carbocycles. The van der Waals surface area contributed by atoms with Crippen molar-refractivity contribution >= 4 is 11.5 Å². The fraction of sp³-hybridized carbons (Fsp3) is 0.688. The monoisotopic (exact) mass is 543 g/mol. The molecule has 3 fully saturated rings. The zero-order valence-electron chi connectivity index (χ0n) is 24.3. The van der Waals surface area contributed by atoms with Gasteiger partial charge in [-0.05, 0) is 93.9 Å². The van der Waals surface area contributed by atoms with Crippen LogP contribution in [0.1, 0.15) is 85.9 Å². The van der Waals surface area contributed by atoms with Crippen LogP contribution in [-0.4, -0.2) is 76.2 Å². The van der Waals surface area contributed by atoms with Gasteiger partial charge in [0.25, 0.3) is 0 Å². The minimum Gasteiger partial charge on any atom is -0.379 e. The normalized spacial score (nSPS) is 24.8. The first-order valence-electron chi connectivity index (χ1n) is 15.7. The van der Waals surface area contributed by atoms with Gasteiger partial charge in [-0.3, -0.25) is 9.58 Å². The van der Waals surface area contributed by atoms with Gasteiger partial charge in [0.05, 0.1) is 17.7 Å². The van der Waals surface area contributed by atoms with E-state index < -0.39 is 6.23 Å². The number of nitrogens with one attached hydrogen (secondary N) is 1. The minimum atomic E-state index is -0.466. The van der Waals surface area contributed by atoms with Crippen LogP contribution in [0.25, 0.3) is 0 Å². The van der Waals surface area contributed by atoms with Crippen LogP contribution in [0.5, 0.6) is 0 Å². The highest BCUT2D eigenvalue weighted by Crippen LogP contribution is 2.43. The van der Waals surface area contributed by atoms with E-state index in [1.54, 1.807) is 0 Å². The molecule has 214 valence electrons. The molecule has 8 nitrogen and oxygen atoms in total. The predicted molar refractivity (Wildman–Crippen MR) is 157 cm³/mol. The van der Waals surface area contributed by atoms with Gasteiger partial charge in [0.2, 0.25) is 0 Å². The maximum atomic E-state index is 10.5. The number of piperidine rings is 1. The number of aromatic nitrogens is 2. The van der Waals surface area contributed by atoms with Crippen LogP contribution < -0.4 is 10.2 Å². The summed E-state index contributed by atoms with van der Waals surface area (Å²) in [5, 5.41) is 29.0. The summed E-state index contributed by atoms with van der Waals surface area (Å²) in [7, 11) is 0. The predicted octanol–water partition coefficient (Wildman–Crippen LogP) is 4.01. The third kappa shape index (κ3) is 4.56. The molecule has 5 aliphatic rings. The van der Waals surface area contributed by atoms with E-state index in [4.69, 9.17) is 5.10 Å². The fourth-order valence-electron chi connectivity index (χ4n) is 8.27. The van der Waals surface area contributed by atoms with E-state index in [1.807, 2.05) is 13.8 Å². The Morgan fingerprint density at radius 1 is 1.05 bits per heavy atom. The largest absolute Gasteiger partial charge is 0.379 e. The number of nitriles is 1. The Hall–Kier alpha value is -2.44. The minimum absolute atomic E-state index is 0.439. The van der Waals surface area contributed by atoms with E-state index >= 15 is 0 Å². The van der Waals surface area contributed by atoms with Crippen molar-refractivity contribution in [1.29, 1.82) is 5.26 Å². The first-order valence-corrected chi connectivity index (χ1v) is 15.7. The molecule has 5 heterocycles. The Kier molecular flexibility index (Phi) is 6.90. The Balaban J connectivity index is 1.15. The van der Waals surface area contributed by atoms with Crippen LogP contribution in [-0.2, 0) is 19.4 Å². The van der Waals surface area contributed by atoms with Gasteiger partial charge in [0, 0.05) is 75.2 Å². The average molecular weight is 544 g/mol. The van der Waals surface area contributed by atoms with Crippen LogP contribution >= 0.6 is 0 Å². The van der Waals surface area contributed by atoms with Crippen molar-refractivity contribution in [2.24, 2.45) is 5.41 Å². The number of rotatable bonds is 4. The number of aryl methyl sites for hydroxylation is 2. The summed E-state index contributed by atoms with van der Waals surface area (Å²) in [6, 6.07) is 7.86. The molecule has 1 saturated carbocycles. The second-order valence-corrected chi connectivity index (χ2v) is 13.3. The Labute approximate surface area is 238 Å². The molecule has 1 aromatic heterocycles. The molecule has 0 amide bonds. The summed E-state index contributed by atoms with van der Waals surface area (Å²) in [4.78, 5) is 7.37. The lowest BCUT2D eigenvalue weighted by molar-refractivity contribution is 0.00825. The van der Waals surface area contributed by atoms with Gasteiger partial charge in [-0.2, -0.15) is 10.4 Å². The molecule has 7 rings (SSSR count). The van der Waals surface area contributed by atoms with Crippen LogP contribution in [0.2, 0.25) is 0 Å². The van der Waals surface area contributed by atoms with Crippen molar-refractivity contribution in [1.82, 2.24) is 24.9 Å². The number of fused-ring (bicyclic) bond motifs is 2. The molecular formula is C32H45N7O. The highest BCUT2D eigenvalue weighted by molar-refractivity contribution is 5.70. The maximum Gasteiger partial charge on any atom is 0.159 e. The van der Waals surface area contributed by atoms with Crippen molar-refractivity contribution in [2.75, 3.05) is 44.2 Å². The van der Waals surface area contributed by atoms with Crippen LogP contribution in [0, 0.1) is 23.7 Å². The Morgan fingerprint density at radius 3 is 2.50 bits per heavy atom. The lowest BCUT2D eigenvalue weighted by Gasteiger charge is -2.50. The second-order valence-electron chi connectivity index (χ2n) is 13.3. The molecule has 2 aromatic rings. The second kappa shape index (κ2) is 10.4. The maximum absolute atomic E-state index is 10.5. The summed E-state index contributed by atoms with van der Waals surface area (Å²) >= 11 is 0. The first-order chi connectivity index (χ1) is 19.4. The van der Waals surface area contributed by atoms with Gasteiger partial charge in [-0.1, -0.05) is 0 Å². The molecular weight excluding hydrogens is 498 g/mol. The number of anilines is 2. The van der Waals surface area contributed by atoms with Crippen molar-refractivity contribution in [2.45, 2.75) is 96.5 Å². The molecule has 1 aliphatic carbocycles. The summed E-state index contributed by atoms with van der Waals surface area (Å²) in [5.41, 5.74) is 7.55. The van der Waals surface area contributed by atoms with Gasteiger partial charge >= 0.3 is 0 Å². The van der Waals surface area contributed by atoms with Crippen LogP contribution in [0.15, 0.2) is 12.1 Å². The summed E-state index contributed by atoms with van der Waals surface area (Å²) < 4.78 is 2.40. The quantitative estimate of drug-likeness (QED) is 0.603. The van der Waals surface area contributed by atoms with Gasteiger partial charge in [0.15, 0.2) is 5.82 Å². The van der Waals surface area contributed by atoms with E-state index in [-0.39, 0.29) is 0 Å². The van der Waals surface area contributed by atoms with E-state index in [0.29, 0.717) is 11.5 Å². The molecule has 1 spiro atoms. The molecule has 2 N–H and O–H groups in total. The lowest BCUT2D eigenvalue weighted by atomic mass is 9.68. The van der Waals surface area contributed by atoms with Crippen LogP contribution in [0.4, 0.5) is 11.5 Å². The summed E-state index contributed by atoms with van der Waals surface area (Å²) in [6.07, 6.45) is 10.4. The zero-order valence-corrected chi connectivity index (χ0v) is 24.3. The van der Waals surface area contributed by atoms with E-state index in [0.717, 1.165) is 74.7 Å². The SMILES string of the molecule is Cc1cc2c(cc1C#N)CCCN2c1nn(C2CCN(C3CCC4(CC3)CNC4)CC2)c2c1CN(C(C)O)CC2. The highest BCUT2D eigenvalue weighted by atomic mass is 16.3. The molecule has 40 heavy (non-hydrogen) atoms. The number of hydrogen-bond acceptors (Lipinski definition) is 7. The van der Waals surface area contributed by atoms with Gasteiger partial charge in [-0.25, -0.2) is 0 Å². The van der Waals surface area contributed by atoms with Gasteiger partial charge in [-0.15, -0.1) is 0 Å². The number of aliphatic hydroxyl groups is 1. The fourth-order valence-corrected chi connectivity index (χ4v) is 8.27. The topological polar surface area (TPSA) is 83.6 Å². The van der Waals surface area contributed by atoms with Crippen molar-refractivity contribution in [3.8, 4) is 6.07 Å². The lowest BCUT2D eigenvalue weighted by Crippen LogP contribution is -2.57. The smallest absolute Gasteiger partial charge is 0.159 e. The first kappa shape index (κ1) is 26.5. The molecule has 0 bridgehead atoms. The van der Waals surface area contributed by atoms with E-state index in [2.05, 4.69) is 42.9 Å². The number of nitrogens with zero attached hydrogens (tertiary/aromatic N) is 6. The zero-order chi connectivity index (χ0) is 27.4. The van der Waals surface area contributed by atoms with E-state index in [9.17, 15) is 10.4 Å². The Bertz CT molecular complexity index is 1290. The molecule has 8 heteroatoms. The summed E-state index contributed by atoms with van der Waals surface area (Å²) in [5.74, 6) is 1.07. The molecule has 4 aliphatic heterocycles. The number of likely N-dealkylation sites (tertiary alicyclic amines) is 1. The molecule has 1 unspecified atom stereocenters. The van der Waals surface area contributed by atoms with Gasteiger partial charge in [0.1, 0.15) is 6.23 Å². The van der Waals surface area contributed by atoms with Crippen molar-refractivity contribution in [3.05, 3.63) is 40.1 Å². The molecule has 2 saturated heterocycles. The highest BCUT2D eigenvalue weighted by Gasteiger charge is 2.42. The van der Waals surface area contributed by atoms with Crippen LogP contribution in [0.3, 0.4) is 0 Å². The molecule has 1 atom stereocenters. The number of hydrogen-bond donors (Lipinski definition) is 2. The van der Waals surface area contributed by atoms with Crippen molar-refractivity contribution < 1.29 is 5.11 Å². The Morgan fingerprint density at radius 2 is 1.82 bits per heavy atom. The third-order valence-electron chi connectivity index (χ3n) is 10.9. The third-order valence-corrected chi connectivity index (χ3v) is 10.9. The average Bonchev–Trinajstić information content (AvgIpc) is 3.34. The standard InChI is InChI=1S/C32H45N7O/c1-22-16-30-24(17-25(22)18-33)4-3-12-38(30)31-28-19-37(23(2)40)15-9-29(28)39(35-31)27-7-13-36(14-8-27)26-5-10-32(11-6-26)20-34-21-32/h16-17,23,26-27,34,40H,3-15,19-21H2,1-2H3. The summed E-state index contributed by atoms with van der Waals surface area (Å²) in [6.45, 7) is 11.3. The van der Waals surface area contributed by atoms with Crippen molar-refractivity contribution in [3.63, 3.8) is 0 Å². The number of benzene rings is 1. The van der Waals surface area contributed by atoms with Gasteiger partial charge < -0.3 is 20.2 Å². The van der Waals surface area contributed by atoms with E-state index in [1.165, 1.54) is 74.4 Å². The molecule has 0 radical (unpaired) electrons. The number of aliphatic hydroxyl groups excluding tert-OH is 1.